The number of nitrogens with one attached hydrogen (secondary N) is 2. The molecule has 1 saturated heterocycles. The molecule has 9 nitrogen and oxygen atoms in total. The third kappa shape index (κ3) is 7.89. The summed E-state index contributed by atoms with van der Waals surface area (Å²) >= 11 is 0. The Morgan fingerprint density at radius 2 is 2.02 bits per heavy atom. The fourth-order valence-corrected chi connectivity index (χ4v) is 4.53. The Morgan fingerprint density at radius 3 is 2.61 bits per heavy atom. The fraction of sp³-hybridized carbons (Fsp3) is 0.250. The molecule has 0 radical (unpaired) electrons. The Morgan fingerprint density at radius 1 is 1.27 bits per heavy atom. The summed E-state index contributed by atoms with van der Waals surface area (Å²) in [5, 5.41) is 31.8. The molecule has 214 valence electrons. The Hall–Kier alpha value is -4.76. The molecular weight excluding hydrogens is 518 g/mol. The number of methoxy groups -OCH3 is 1. The Bertz CT molecular complexity index is 1380. The van der Waals surface area contributed by atoms with Crippen molar-refractivity contribution in [1.82, 2.24) is 9.88 Å². The number of amides is 1. The molecule has 0 spiro atoms. The molecule has 1 aromatic heterocycles. The summed E-state index contributed by atoms with van der Waals surface area (Å²) < 4.78 is 5.17. The molecule has 1 amide bonds. The standard InChI is InChI=1S/C32H37N5O4/c1-5-24(26(22-41-4)9-8-15-33)19-27(23(2)38)21-36-28-12-11-25(20-29(28)34-3)31(39)37-17-13-32(40,14-18-37)30-10-6-7-16-35-30/h5-12,15-16,19-20,22,33,36,38,40H,2-3,13-14,17-18,21H2,1,4H3/b9-8-,24-5+,26-22-,27-19-,33-15?. The largest absolute Gasteiger partial charge is 0.508 e. The highest BCUT2D eigenvalue weighted by Gasteiger charge is 2.36. The van der Waals surface area contributed by atoms with Gasteiger partial charge >= 0.3 is 0 Å². The molecule has 9 heteroatoms. The molecule has 0 unspecified atom stereocenters. The molecule has 1 aliphatic rings. The number of nitrogens with zero attached hydrogens (tertiary/aromatic N) is 3. The van der Waals surface area contributed by atoms with Crippen LogP contribution in [0.4, 0.5) is 11.4 Å². The van der Waals surface area contributed by atoms with Crippen LogP contribution >= 0.6 is 0 Å². The number of aliphatic imine (C=N–C) groups is 1. The number of carbonyl (C=O) groups is 1. The molecule has 0 saturated carbocycles. The van der Waals surface area contributed by atoms with Gasteiger partial charge in [-0.05, 0) is 80.6 Å². The first-order valence-corrected chi connectivity index (χ1v) is 13.2. The summed E-state index contributed by atoms with van der Waals surface area (Å²) in [6, 6.07) is 10.6. The number of anilines is 1. The molecule has 4 N–H and O–H groups in total. The quantitative estimate of drug-likeness (QED) is 0.153. The minimum Gasteiger partial charge on any atom is -0.508 e. The van der Waals surface area contributed by atoms with Crippen LogP contribution in [0, 0.1) is 5.41 Å². The van der Waals surface area contributed by atoms with Gasteiger partial charge in [-0.3, -0.25) is 14.8 Å². The Balaban J connectivity index is 1.73. The lowest BCUT2D eigenvalue weighted by molar-refractivity contribution is -0.0244. The van der Waals surface area contributed by atoms with Gasteiger partial charge in [0.2, 0.25) is 0 Å². The van der Waals surface area contributed by atoms with Gasteiger partial charge in [0.05, 0.1) is 30.4 Å². The average Bonchev–Trinajstić information content (AvgIpc) is 3.00. The summed E-state index contributed by atoms with van der Waals surface area (Å²) in [5.74, 6) is -0.262. The number of likely N-dealkylation sites (tertiary alicyclic amines) is 1. The van der Waals surface area contributed by atoms with E-state index in [0.29, 0.717) is 59.7 Å². The van der Waals surface area contributed by atoms with E-state index < -0.39 is 5.60 Å². The van der Waals surface area contributed by atoms with Crippen LogP contribution in [0.15, 0.2) is 107 Å². The van der Waals surface area contributed by atoms with Crippen molar-refractivity contribution < 1.29 is 19.7 Å². The van der Waals surface area contributed by atoms with Gasteiger partial charge in [0, 0.05) is 48.8 Å². The third-order valence-corrected chi connectivity index (χ3v) is 6.87. The molecule has 2 aromatic rings. The number of piperidine rings is 1. The lowest BCUT2D eigenvalue weighted by Gasteiger charge is -2.37. The van der Waals surface area contributed by atoms with Gasteiger partial charge < -0.3 is 30.6 Å². The second kappa shape index (κ2) is 14.6. The Kier molecular flexibility index (Phi) is 10.9. The molecule has 3 rings (SSSR count). The SMILES string of the molecule is C=Nc1cc(C(=O)N2CCC(O)(c3ccccn3)CC2)ccc1NC/C(=C/C(=C\C)C(/C=C\C=N)=C\OC)C(=C)O. The Labute approximate surface area is 241 Å². The van der Waals surface area contributed by atoms with Crippen molar-refractivity contribution in [2.45, 2.75) is 25.4 Å². The van der Waals surface area contributed by atoms with Crippen molar-refractivity contribution >= 4 is 30.2 Å². The predicted molar refractivity (Wildman–Crippen MR) is 164 cm³/mol. The van der Waals surface area contributed by atoms with E-state index in [1.807, 2.05) is 31.2 Å². The van der Waals surface area contributed by atoms with Crippen LogP contribution in [0.1, 0.15) is 35.8 Å². The zero-order chi connectivity index (χ0) is 29.8. The summed E-state index contributed by atoms with van der Waals surface area (Å²) in [4.78, 5) is 23.4. The van der Waals surface area contributed by atoms with Gasteiger partial charge in [-0.2, -0.15) is 0 Å². The van der Waals surface area contributed by atoms with Crippen molar-refractivity contribution in [2.75, 3.05) is 32.1 Å². The number of carbonyl (C=O) groups excluding carboxylic acids is 1. The number of aromatic nitrogens is 1. The lowest BCUT2D eigenvalue weighted by atomic mass is 9.87. The highest BCUT2D eigenvalue weighted by Crippen LogP contribution is 2.33. The molecule has 1 aromatic carbocycles. The number of rotatable bonds is 12. The van der Waals surface area contributed by atoms with Gasteiger partial charge in [-0.15, -0.1) is 0 Å². The summed E-state index contributed by atoms with van der Waals surface area (Å²) in [7, 11) is 1.54. The molecule has 0 atom stereocenters. The van der Waals surface area contributed by atoms with E-state index in [1.54, 1.807) is 53.8 Å². The number of pyridine rings is 1. The zero-order valence-electron chi connectivity index (χ0n) is 23.5. The van der Waals surface area contributed by atoms with E-state index in [0.717, 1.165) is 5.57 Å². The zero-order valence-corrected chi connectivity index (χ0v) is 23.5. The monoisotopic (exact) mass is 555 g/mol. The number of aliphatic hydroxyl groups excluding tert-OH is 1. The van der Waals surface area contributed by atoms with Crippen LogP contribution in [0.3, 0.4) is 0 Å². The van der Waals surface area contributed by atoms with E-state index in [2.05, 4.69) is 28.6 Å². The van der Waals surface area contributed by atoms with Gasteiger partial charge in [0.1, 0.15) is 11.4 Å². The van der Waals surface area contributed by atoms with Crippen LogP contribution in [-0.2, 0) is 10.3 Å². The molecule has 2 heterocycles. The van der Waals surface area contributed by atoms with E-state index >= 15 is 0 Å². The second-order valence-corrected chi connectivity index (χ2v) is 9.48. The third-order valence-electron chi connectivity index (χ3n) is 6.87. The normalized spacial score (nSPS) is 15.9. The highest BCUT2D eigenvalue weighted by molar-refractivity contribution is 5.96. The molecular formula is C32H37N5O4. The molecule has 0 bridgehead atoms. The van der Waals surface area contributed by atoms with Crippen molar-refractivity contribution in [1.29, 1.82) is 5.41 Å². The number of aliphatic hydroxyl groups is 2. The number of allylic oxidation sites excluding steroid dienone is 6. The smallest absolute Gasteiger partial charge is 0.253 e. The second-order valence-electron chi connectivity index (χ2n) is 9.48. The van der Waals surface area contributed by atoms with E-state index in [9.17, 15) is 15.0 Å². The maximum Gasteiger partial charge on any atom is 0.253 e. The van der Waals surface area contributed by atoms with Crippen molar-refractivity contribution in [3.63, 3.8) is 0 Å². The predicted octanol–water partition coefficient (Wildman–Crippen LogP) is 5.63. The lowest BCUT2D eigenvalue weighted by Crippen LogP contribution is -2.45. The van der Waals surface area contributed by atoms with Gasteiger partial charge in [0.15, 0.2) is 0 Å². The van der Waals surface area contributed by atoms with Crippen LogP contribution < -0.4 is 5.32 Å². The van der Waals surface area contributed by atoms with E-state index in [1.165, 1.54) is 13.3 Å². The first kappa shape index (κ1) is 30.8. The maximum absolute atomic E-state index is 13.3. The van der Waals surface area contributed by atoms with Crippen molar-refractivity contribution in [3.8, 4) is 0 Å². The van der Waals surface area contributed by atoms with Crippen LogP contribution in [0.5, 0.6) is 0 Å². The minimum atomic E-state index is -1.05. The summed E-state index contributed by atoms with van der Waals surface area (Å²) in [5.41, 5.74) is 3.15. The number of hydrogen-bond donors (Lipinski definition) is 4. The minimum absolute atomic E-state index is 0.111. The molecule has 0 aliphatic carbocycles. The number of ether oxygens (including phenoxy) is 1. The number of benzene rings is 1. The molecule has 1 fully saturated rings. The average molecular weight is 556 g/mol. The van der Waals surface area contributed by atoms with E-state index in [-0.39, 0.29) is 18.2 Å². The topological polar surface area (TPSA) is 131 Å². The first-order valence-electron chi connectivity index (χ1n) is 13.2. The summed E-state index contributed by atoms with van der Waals surface area (Å²) in [6.45, 7) is 10.2. The van der Waals surface area contributed by atoms with Crippen LogP contribution in [0.2, 0.25) is 0 Å². The molecule has 1 aliphatic heterocycles. The van der Waals surface area contributed by atoms with Gasteiger partial charge in [0.25, 0.3) is 5.91 Å². The van der Waals surface area contributed by atoms with Gasteiger partial charge in [-0.1, -0.05) is 18.7 Å². The highest BCUT2D eigenvalue weighted by atomic mass is 16.5. The fourth-order valence-electron chi connectivity index (χ4n) is 4.53. The van der Waals surface area contributed by atoms with E-state index in [4.69, 9.17) is 10.1 Å². The maximum atomic E-state index is 13.3. The number of hydrogen-bond acceptors (Lipinski definition) is 8. The summed E-state index contributed by atoms with van der Waals surface area (Å²) in [6.07, 6.45) is 12.1. The van der Waals surface area contributed by atoms with Crippen LogP contribution in [0.25, 0.3) is 0 Å². The molecule has 41 heavy (non-hydrogen) atoms. The van der Waals surface area contributed by atoms with Crippen molar-refractivity contribution in [3.05, 3.63) is 113 Å². The van der Waals surface area contributed by atoms with Crippen LogP contribution in [-0.4, -0.2) is 65.7 Å². The van der Waals surface area contributed by atoms with Gasteiger partial charge in [-0.25, -0.2) is 0 Å². The van der Waals surface area contributed by atoms with Crippen molar-refractivity contribution in [2.24, 2.45) is 4.99 Å². The first-order chi connectivity index (χ1) is 19.8.